The predicted octanol–water partition coefficient (Wildman–Crippen LogP) is 5.84. The smallest absolute Gasteiger partial charge is 0.333 e. The predicted molar refractivity (Wildman–Crippen MR) is 142 cm³/mol. The Labute approximate surface area is 219 Å². The summed E-state index contributed by atoms with van der Waals surface area (Å²) in [6.07, 6.45) is 5.19. The van der Waals surface area contributed by atoms with Gasteiger partial charge in [0.25, 0.3) is 0 Å². The number of methoxy groups -OCH3 is 4. The molecule has 0 N–H and O–H groups in total. The molecule has 37 heavy (non-hydrogen) atoms. The molecule has 0 aliphatic carbocycles. The molecule has 2 aromatic carbocycles. The summed E-state index contributed by atoms with van der Waals surface area (Å²) in [5, 5.41) is 9.80. The Balaban J connectivity index is 2.08. The van der Waals surface area contributed by atoms with Crippen LogP contribution in [-0.2, 0) is 9.53 Å². The van der Waals surface area contributed by atoms with Crippen molar-refractivity contribution in [2.45, 2.75) is 32.6 Å². The molecule has 2 aromatic rings. The summed E-state index contributed by atoms with van der Waals surface area (Å²) in [5.74, 6) is 2.27. The Hall–Kier alpha value is -4.12. The number of esters is 1. The van der Waals surface area contributed by atoms with Crippen molar-refractivity contribution in [2.24, 2.45) is 0 Å². The molecule has 2 rings (SSSR count). The van der Waals surface area contributed by atoms with Crippen LogP contribution < -0.4 is 23.7 Å². The van der Waals surface area contributed by atoms with Crippen LogP contribution in [0.2, 0.25) is 0 Å². The Morgan fingerprint density at radius 2 is 1.46 bits per heavy atom. The molecule has 0 saturated heterocycles. The van der Waals surface area contributed by atoms with Gasteiger partial charge in [-0.25, -0.2) is 4.79 Å². The molecular formula is C29H35NO7. The van der Waals surface area contributed by atoms with Gasteiger partial charge in [0.15, 0.2) is 23.0 Å². The van der Waals surface area contributed by atoms with Crippen molar-refractivity contribution < 1.29 is 33.2 Å². The second-order valence-electron chi connectivity index (χ2n) is 8.17. The third-order valence-electron chi connectivity index (χ3n) is 5.48. The maximum atomic E-state index is 11.4. The Morgan fingerprint density at radius 1 is 0.865 bits per heavy atom. The first-order valence-electron chi connectivity index (χ1n) is 11.9. The lowest BCUT2D eigenvalue weighted by Crippen LogP contribution is -2.06. The zero-order valence-electron chi connectivity index (χ0n) is 22.2. The van der Waals surface area contributed by atoms with Crippen molar-refractivity contribution in [1.29, 1.82) is 5.26 Å². The van der Waals surface area contributed by atoms with Gasteiger partial charge in [0.2, 0.25) is 5.75 Å². The van der Waals surface area contributed by atoms with Gasteiger partial charge in [0.05, 0.1) is 53.3 Å². The maximum absolute atomic E-state index is 11.4. The van der Waals surface area contributed by atoms with Crippen molar-refractivity contribution in [2.75, 3.05) is 41.7 Å². The summed E-state index contributed by atoms with van der Waals surface area (Å²) in [4.78, 5) is 11.4. The number of hydrogen-bond acceptors (Lipinski definition) is 8. The molecule has 0 aliphatic rings. The molecule has 0 unspecified atom stereocenters. The fourth-order valence-electron chi connectivity index (χ4n) is 3.50. The lowest BCUT2D eigenvalue weighted by Gasteiger charge is -2.15. The number of ether oxygens (including phenoxy) is 6. The van der Waals surface area contributed by atoms with Crippen LogP contribution in [0.1, 0.15) is 43.7 Å². The van der Waals surface area contributed by atoms with E-state index < -0.39 is 0 Å². The fraction of sp³-hybridized carbons (Fsp3) is 0.379. The highest BCUT2D eigenvalue weighted by Gasteiger charge is 2.15. The van der Waals surface area contributed by atoms with Crippen molar-refractivity contribution in [1.82, 2.24) is 0 Å². The first kappa shape index (κ1) is 29.1. The van der Waals surface area contributed by atoms with Crippen LogP contribution in [0, 0.1) is 11.3 Å². The van der Waals surface area contributed by atoms with E-state index in [1.807, 2.05) is 0 Å². The van der Waals surface area contributed by atoms with Gasteiger partial charge in [-0.3, -0.25) is 0 Å². The van der Waals surface area contributed by atoms with Gasteiger partial charge in [-0.05, 0) is 80.1 Å². The highest BCUT2D eigenvalue weighted by atomic mass is 16.5. The van der Waals surface area contributed by atoms with Crippen LogP contribution in [0.3, 0.4) is 0 Å². The average molecular weight is 510 g/mol. The first-order valence-corrected chi connectivity index (χ1v) is 11.9. The summed E-state index contributed by atoms with van der Waals surface area (Å²) >= 11 is 0. The summed E-state index contributed by atoms with van der Waals surface area (Å²) < 4.78 is 32.8. The summed E-state index contributed by atoms with van der Waals surface area (Å²) in [6.45, 7) is 6.06. The number of hydrogen-bond donors (Lipinski definition) is 0. The van der Waals surface area contributed by atoms with Gasteiger partial charge in [0, 0.05) is 5.57 Å². The number of carbonyl (C=O) groups excluding carboxylic acids is 1. The van der Waals surface area contributed by atoms with Gasteiger partial charge >= 0.3 is 5.97 Å². The molecule has 0 radical (unpaired) electrons. The van der Waals surface area contributed by atoms with E-state index in [1.54, 1.807) is 71.8 Å². The van der Waals surface area contributed by atoms with Crippen LogP contribution in [0.4, 0.5) is 0 Å². The van der Waals surface area contributed by atoms with E-state index in [1.165, 1.54) is 0 Å². The molecule has 0 amide bonds. The summed E-state index contributed by atoms with van der Waals surface area (Å²) in [5.41, 5.74) is 2.25. The maximum Gasteiger partial charge on any atom is 0.333 e. The van der Waals surface area contributed by atoms with Crippen LogP contribution in [0.15, 0.2) is 42.5 Å². The number of nitrogens with zero attached hydrogens (tertiary/aromatic N) is 1. The van der Waals surface area contributed by atoms with Crippen LogP contribution in [-0.4, -0.2) is 47.6 Å². The Bertz CT molecular complexity index is 1120. The topological polar surface area (TPSA) is 96.2 Å². The minimum atomic E-state index is -0.355. The van der Waals surface area contributed by atoms with E-state index in [0.29, 0.717) is 58.7 Å². The van der Waals surface area contributed by atoms with Crippen molar-refractivity contribution >= 4 is 17.6 Å². The standard InChI is InChI=1S/C29H35NO7/c1-20(2)29(31)37-14-10-8-7-9-13-36-28-26(34-5)16-21(17-27(28)35-6)15-23(19-30)22-11-12-24(32-3)25(18-22)33-4/h11-12,15-18H,1,7-10,13-14H2,2-6H3. The molecule has 198 valence electrons. The molecule has 0 spiro atoms. The van der Waals surface area contributed by atoms with Crippen LogP contribution >= 0.6 is 0 Å². The monoisotopic (exact) mass is 509 g/mol. The molecule has 0 heterocycles. The minimum Gasteiger partial charge on any atom is -0.493 e. The largest absolute Gasteiger partial charge is 0.493 e. The second kappa shape index (κ2) is 15.1. The van der Waals surface area contributed by atoms with Crippen molar-refractivity contribution in [3.8, 4) is 34.8 Å². The SMILES string of the molecule is C=C(C)C(=O)OCCCCCCOc1c(OC)cc(C=C(C#N)c2ccc(OC)c(OC)c2)cc1OC. The van der Waals surface area contributed by atoms with Crippen molar-refractivity contribution in [3.05, 3.63) is 53.6 Å². The quantitative estimate of drug-likeness (QED) is 0.0971. The lowest BCUT2D eigenvalue weighted by atomic mass is 10.0. The number of benzene rings is 2. The molecule has 0 bridgehead atoms. The van der Waals surface area contributed by atoms with Gasteiger partial charge in [0.1, 0.15) is 0 Å². The highest BCUT2D eigenvalue weighted by molar-refractivity contribution is 5.90. The number of carbonyl (C=O) groups is 1. The highest BCUT2D eigenvalue weighted by Crippen LogP contribution is 2.40. The average Bonchev–Trinajstić information content (AvgIpc) is 2.92. The first-order chi connectivity index (χ1) is 17.9. The fourth-order valence-corrected chi connectivity index (χ4v) is 3.50. The van der Waals surface area contributed by atoms with Crippen LogP contribution in [0.25, 0.3) is 11.6 Å². The molecule has 8 nitrogen and oxygen atoms in total. The number of rotatable bonds is 15. The molecule has 0 atom stereocenters. The normalized spacial score (nSPS) is 10.8. The molecule has 0 fully saturated rings. The van der Waals surface area contributed by atoms with Gasteiger partial charge < -0.3 is 28.4 Å². The zero-order chi connectivity index (χ0) is 27.2. The molecule has 0 saturated carbocycles. The number of allylic oxidation sites excluding steroid dienone is 1. The van der Waals surface area contributed by atoms with E-state index >= 15 is 0 Å². The van der Waals surface area contributed by atoms with E-state index in [9.17, 15) is 10.1 Å². The molecule has 0 aliphatic heterocycles. The summed E-state index contributed by atoms with van der Waals surface area (Å²) in [7, 11) is 6.22. The zero-order valence-corrected chi connectivity index (χ0v) is 22.2. The van der Waals surface area contributed by atoms with Gasteiger partial charge in [-0.1, -0.05) is 6.58 Å². The van der Waals surface area contributed by atoms with Crippen molar-refractivity contribution in [3.63, 3.8) is 0 Å². The third-order valence-corrected chi connectivity index (χ3v) is 5.48. The van der Waals surface area contributed by atoms with E-state index in [4.69, 9.17) is 28.4 Å². The number of unbranched alkanes of at least 4 members (excludes halogenated alkanes) is 3. The van der Waals surface area contributed by atoms with E-state index in [-0.39, 0.29) is 5.97 Å². The Morgan fingerprint density at radius 3 is 2.00 bits per heavy atom. The minimum absolute atomic E-state index is 0.355. The summed E-state index contributed by atoms with van der Waals surface area (Å²) in [6, 6.07) is 11.1. The molecular weight excluding hydrogens is 474 g/mol. The molecule has 8 heteroatoms. The van der Waals surface area contributed by atoms with Gasteiger partial charge in [-0.2, -0.15) is 5.26 Å². The van der Waals surface area contributed by atoms with E-state index in [0.717, 1.165) is 31.2 Å². The van der Waals surface area contributed by atoms with Gasteiger partial charge in [-0.15, -0.1) is 0 Å². The second-order valence-corrected chi connectivity index (χ2v) is 8.17. The molecule has 0 aromatic heterocycles. The Kier molecular flexibility index (Phi) is 11.9. The van der Waals surface area contributed by atoms with Crippen LogP contribution in [0.5, 0.6) is 28.7 Å². The van der Waals surface area contributed by atoms with E-state index in [2.05, 4.69) is 12.6 Å². The third kappa shape index (κ3) is 8.50. The number of nitriles is 1. The lowest BCUT2D eigenvalue weighted by molar-refractivity contribution is -0.139.